The van der Waals surface area contributed by atoms with Crippen molar-refractivity contribution >= 4 is 5.91 Å². The van der Waals surface area contributed by atoms with E-state index in [0.717, 1.165) is 30.8 Å². The lowest BCUT2D eigenvalue weighted by Gasteiger charge is -2.31. The molecule has 4 heteroatoms. The Morgan fingerprint density at radius 2 is 2.09 bits per heavy atom. The molecule has 4 nitrogen and oxygen atoms in total. The lowest BCUT2D eigenvalue weighted by molar-refractivity contribution is -0.128. The van der Waals surface area contributed by atoms with Crippen molar-refractivity contribution in [3.8, 4) is 5.75 Å². The van der Waals surface area contributed by atoms with E-state index < -0.39 is 6.10 Å². The predicted molar refractivity (Wildman–Crippen MR) is 93.9 cm³/mol. The van der Waals surface area contributed by atoms with Crippen LogP contribution in [0.4, 0.5) is 0 Å². The largest absolute Gasteiger partial charge is 0.481 e. The quantitative estimate of drug-likeness (QED) is 0.877. The van der Waals surface area contributed by atoms with Gasteiger partial charge in [0.1, 0.15) is 5.75 Å². The zero-order chi connectivity index (χ0) is 17.0. The molecular formula is C19H30N2O2. The fraction of sp³-hybridized carbons (Fsp3) is 0.632. The normalized spacial score (nSPS) is 22.7. The number of rotatable bonds is 5. The predicted octanol–water partition coefficient (Wildman–Crippen LogP) is 3.00. The van der Waals surface area contributed by atoms with Crippen molar-refractivity contribution in [1.82, 2.24) is 10.6 Å². The second-order valence-corrected chi connectivity index (χ2v) is 7.02. The van der Waals surface area contributed by atoms with E-state index >= 15 is 0 Å². The average Bonchev–Trinajstić information content (AvgIpc) is 2.51. The van der Waals surface area contributed by atoms with Crippen LogP contribution in [0.15, 0.2) is 18.2 Å². The van der Waals surface area contributed by atoms with E-state index in [4.69, 9.17) is 4.74 Å². The molecule has 1 fully saturated rings. The van der Waals surface area contributed by atoms with Gasteiger partial charge in [0.25, 0.3) is 5.91 Å². The number of carbonyl (C=O) groups excluding carboxylic acids is 1. The number of hydrogen-bond donors (Lipinski definition) is 2. The van der Waals surface area contributed by atoms with Crippen LogP contribution in [0.5, 0.6) is 5.75 Å². The van der Waals surface area contributed by atoms with Crippen molar-refractivity contribution in [3.05, 3.63) is 29.3 Å². The van der Waals surface area contributed by atoms with Crippen molar-refractivity contribution in [1.29, 1.82) is 0 Å². The summed E-state index contributed by atoms with van der Waals surface area (Å²) in [5.41, 5.74) is 2.29. The summed E-state index contributed by atoms with van der Waals surface area (Å²) in [6, 6.07) is 6.47. The minimum absolute atomic E-state index is 0.0295. The summed E-state index contributed by atoms with van der Waals surface area (Å²) in [7, 11) is 0. The van der Waals surface area contributed by atoms with Gasteiger partial charge in [-0.1, -0.05) is 32.9 Å². The van der Waals surface area contributed by atoms with Gasteiger partial charge < -0.3 is 15.4 Å². The SMILES string of the molecule is Cc1ccc(C(C)C)cc1OC(C)C(=O)NC1CCNCC1C. The van der Waals surface area contributed by atoms with E-state index in [0.29, 0.717) is 11.8 Å². The van der Waals surface area contributed by atoms with Gasteiger partial charge in [0.05, 0.1) is 0 Å². The molecule has 0 bridgehead atoms. The Balaban J connectivity index is 1.99. The second kappa shape index (κ2) is 7.82. The third-order valence-electron chi connectivity index (χ3n) is 4.66. The summed E-state index contributed by atoms with van der Waals surface area (Å²) in [5.74, 6) is 1.67. The maximum absolute atomic E-state index is 12.4. The summed E-state index contributed by atoms with van der Waals surface area (Å²) < 4.78 is 5.95. The number of carbonyl (C=O) groups is 1. The van der Waals surface area contributed by atoms with Crippen LogP contribution in [0.3, 0.4) is 0 Å². The Labute approximate surface area is 140 Å². The minimum atomic E-state index is -0.488. The molecule has 1 amide bonds. The molecule has 3 unspecified atom stereocenters. The Bertz CT molecular complexity index is 542. The lowest BCUT2D eigenvalue weighted by Crippen LogP contribution is -2.51. The van der Waals surface area contributed by atoms with E-state index in [9.17, 15) is 4.79 Å². The van der Waals surface area contributed by atoms with Gasteiger partial charge in [-0.25, -0.2) is 0 Å². The summed E-state index contributed by atoms with van der Waals surface area (Å²) in [6.07, 6.45) is 0.486. The molecule has 3 atom stereocenters. The topological polar surface area (TPSA) is 50.4 Å². The van der Waals surface area contributed by atoms with E-state index in [1.807, 2.05) is 13.8 Å². The molecule has 0 spiro atoms. The first-order chi connectivity index (χ1) is 10.9. The highest BCUT2D eigenvalue weighted by molar-refractivity contribution is 5.81. The number of amides is 1. The number of piperidine rings is 1. The van der Waals surface area contributed by atoms with Crippen LogP contribution in [-0.2, 0) is 4.79 Å². The van der Waals surface area contributed by atoms with E-state index in [2.05, 4.69) is 49.6 Å². The molecule has 0 radical (unpaired) electrons. The molecule has 1 heterocycles. The standard InChI is InChI=1S/C19H30N2O2/c1-12(2)16-7-6-13(3)18(10-16)23-15(5)19(22)21-17-8-9-20-11-14(17)4/h6-7,10,12,14-15,17,20H,8-9,11H2,1-5H3,(H,21,22). The highest BCUT2D eigenvalue weighted by Crippen LogP contribution is 2.25. The average molecular weight is 318 g/mol. The molecule has 0 aliphatic carbocycles. The van der Waals surface area contributed by atoms with Crippen LogP contribution in [-0.4, -0.2) is 31.1 Å². The number of hydrogen-bond acceptors (Lipinski definition) is 3. The minimum Gasteiger partial charge on any atom is -0.481 e. The highest BCUT2D eigenvalue weighted by atomic mass is 16.5. The number of nitrogens with one attached hydrogen (secondary N) is 2. The number of aryl methyl sites for hydroxylation is 1. The maximum atomic E-state index is 12.4. The van der Waals surface area contributed by atoms with E-state index in [1.165, 1.54) is 5.56 Å². The smallest absolute Gasteiger partial charge is 0.261 e. The fourth-order valence-corrected chi connectivity index (χ4v) is 2.88. The van der Waals surface area contributed by atoms with Gasteiger partial charge in [-0.3, -0.25) is 4.79 Å². The zero-order valence-electron chi connectivity index (χ0n) is 15.0. The molecule has 1 aliphatic rings. The first-order valence-electron chi connectivity index (χ1n) is 8.66. The summed E-state index contributed by atoms with van der Waals surface area (Å²) in [4.78, 5) is 12.4. The van der Waals surface area contributed by atoms with Crippen molar-refractivity contribution in [2.45, 2.75) is 59.1 Å². The second-order valence-electron chi connectivity index (χ2n) is 7.02. The van der Waals surface area contributed by atoms with Crippen LogP contribution in [0.2, 0.25) is 0 Å². The summed E-state index contributed by atoms with van der Waals surface area (Å²) in [6.45, 7) is 12.2. The van der Waals surface area contributed by atoms with Gasteiger partial charge in [-0.2, -0.15) is 0 Å². The zero-order valence-corrected chi connectivity index (χ0v) is 15.0. The van der Waals surface area contributed by atoms with Crippen molar-refractivity contribution < 1.29 is 9.53 Å². The summed E-state index contributed by atoms with van der Waals surface area (Å²) in [5, 5.41) is 6.49. The van der Waals surface area contributed by atoms with Crippen LogP contribution >= 0.6 is 0 Å². The van der Waals surface area contributed by atoms with Gasteiger partial charge in [0.2, 0.25) is 0 Å². The van der Waals surface area contributed by atoms with E-state index in [-0.39, 0.29) is 11.9 Å². The van der Waals surface area contributed by atoms with Crippen molar-refractivity contribution in [2.75, 3.05) is 13.1 Å². The van der Waals surface area contributed by atoms with Gasteiger partial charge in [0.15, 0.2) is 6.10 Å². The van der Waals surface area contributed by atoms with Gasteiger partial charge in [-0.05, 0) is 62.4 Å². The Hall–Kier alpha value is -1.55. The molecule has 1 aromatic rings. The van der Waals surface area contributed by atoms with Gasteiger partial charge in [0, 0.05) is 6.04 Å². The Morgan fingerprint density at radius 3 is 2.74 bits per heavy atom. The van der Waals surface area contributed by atoms with Crippen LogP contribution < -0.4 is 15.4 Å². The molecule has 128 valence electrons. The van der Waals surface area contributed by atoms with Crippen molar-refractivity contribution in [3.63, 3.8) is 0 Å². The highest BCUT2D eigenvalue weighted by Gasteiger charge is 2.25. The molecule has 2 N–H and O–H groups in total. The first-order valence-corrected chi connectivity index (χ1v) is 8.66. The van der Waals surface area contributed by atoms with Crippen LogP contribution in [0, 0.1) is 12.8 Å². The number of benzene rings is 1. The maximum Gasteiger partial charge on any atom is 0.261 e. The van der Waals surface area contributed by atoms with Crippen molar-refractivity contribution in [2.24, 2.45) is 5.92 Å². The Morgan fingerprint density at radius 1 is 1.35 bits per heavy atom. The van der Waals surface area contributed by atoms with Gasteiger partial charge in [-0.15, -0.1) is 0 Å². The van der Waals surface area contributed by atoms with E-state index in [1.54, 1.807) is 0 Å². The lowest BCUT2D eigenvalue weighted by atomic mass is 9.95. The van der Waals surface area contributed by atoms with Crippen LogP contribution in [0.1, 0.15) is 51.2 Å². The molecule has 1 saturated heterocycles. The van der Waals surface area contributed by atoms with Gasteiger partial charge >= 0.3 is 0 Å². The molecule has 23 heavy (non-hydrogen) atoms. The Kier molecular flexibility index (Phi) is 6.05. The first kappa shape index (κ1) is 17.8. The molecule has 2 rings (SSSR count). The summed E-state index contributed by atoms with van der Waals surface area (Å²) >= 11 is 0. The third kappa shape index (κ3) is 4.71. The molecule has 0 saturated carbocycles. The number of ether oxygens (including phenoxy) is 1. The molecule has 0 aromatic heterocycles. The molecule has 1 aromatic carbocycles. The van der Waals surface area contributed by atoms with Crippen LogP contribution in [0.25, 0.3) is 0 Å². The third-order valence-corrected chi connectivity index (χ3v) is 4.66. The fourth-order valence-electron chi connectivity index (χ4n) is 2.88. The molecule has 1 aliphatic heterocycles. The monoisotopic (exact) mass is 318 g/mol. The molecular weight excluding hydrogens is 288 g/mol.